The third-order valence-corrected chi connectivity index (χ3v) is 4.27. The number of aliphatic hydroxyl groups excluding tert-OH is 1. The molecular weight excluding hydrogens is 292 g/mol. The second kappa shape index (κ2) is 5.92. The SMILES string of the molecule is OCC(CNc1ccc2nnc(-c3ccncc3)n2n1)C1CC1. The number of fused-ring (bicyclic) bond motifs is 1. The van der Waals surface area contributed by atoms with E-state index in [4.69, 9.17) is 0 Å². The Bertz CT molecular complexity index is 799. The molecule has 0 saturated heterocycles. The van der Waals surface area contributed by atoms with Crippen LogP contribution in [0.4, 0.5) is 5.82 Å². The fourth-order valence-corrected chi connectivity index (χ4v) is 2.75. The van der Waals surface area contributed by atoms with Gasteiger partial charge in [-0.2, -0.15) is 4.52 Å². The quantitative estimate of drug-likeness (QED) is 0.719. The lowest BCUT2D eigenvalue weighted by Crippen LogP contribution is -2.20. The molecule has 2 N–H and O–H groups in total. The van der Waals surface area contributed by atoms with Crippen LogP contribution < -0.4 is 5.32 Å². The van der Waals surface area contributed by atoms with Crippen LogP contribution in [0.15, 0.2) is 36.7 Å². The molecular formula is C16H18N6O. The van der Waals surface area contributed by atoms with E-state index in [0.29, 0.717) is 23.3 Å². The lowest BCUT2D eigenvalue weighted by molar-refractivity contribution is 0.217. The predicted octanol–water partition coefficient (Wildman–Crippen LogP) is 1.62. The Kier molecular flexibility index (Phi) is 3.63. The lowest BCUT2D eigenvalue weighted by atomic mass is 10.1. The number of hydrogen-bond donors (Lipinski definition) is 2. The van der Waals surface area contributed by atoms with E-state index in [1.165, 1.54) is 12.8 Å². The van der Waals surface area contributed by atoms with Crippen molar-refractivity contribution in [3.8, 4) is 11.4 Å². The molecule has 7 nitrogen and oxygen atoms in total. The zero-order chi connectivity index (χ0) is 15.6. The Morgan fingerprint density at radius 2 is 2.00 bits per heavy atom. The maximum atomic E-state index is 9.45. The van der Waals surface area contributed by atoms with Crippen LogP contribution in [-0.2, 0) is 0 Å². The van der Waals surface area contributed by atoms with Gasteiger partial charge in [-0.05, 0) is 43.0 Å². The summed E-state index contributed by atoms with van der Waals surface area (Å²) in [5.41, 5.74) is 1.62. The van der Waals surface area contributed by atoms with E-state index in [9.17, 15) is 5.11 Å². The Balaban J connectivity index is 1.59. The average Bonchev–Trinajstić information content (AvgIpc) is 3.35. The highest BCUT2D eigenvalue weighted by Crippen LogP contribution is 2.36. The summed E-state index contributed by atoms with van der Waals surface area (Å²) < 4.78 is 1.72. The van der Waals surface area contributed by atoms with Gasteiger partial charge in [0.05, 0.1) is 0 Å². The molecule has 3 heterocycles. The number of aliphatic hydroxyl groups is 1. The van der Waals surface area contributed by atoms with E-state index in [-0.39, 0.29) is 6.61 Å². The molecule has 0 radical (unpaired) electrons. The second-order valence-corrected chi connectivity index (χ2v) is 5.91. The highest BCUT2D eigenvalue weighted by molar-refractivity contribution is 5.58. The summed E-state index contributed by atoms with van der Waals surface area (Å²) in [5, 5.41) is 25.7. The molecule has 0 bridgehead atoms. The van der Waals surface area contributed by atoms with Gasteiger partial charge in [-0.1, -0.05) is 0 Å². The van der Waals surface area contributed by atoms with Gasteiger partial charge in [-0.15, -0.1) is 15.3 Å². The van der Waals surface area contributed by atoms with Gasteiger partial charge in [0.15, 0.2) is 11.5 Å². The minimum absolute atomic E-state index is 0.217. The number of nitrogens with zero attached hydrogens (tertiary/aromatic N) is 5. The summed E-state index contributed by atoms with van der Waals surface area (Å²) in [6.07, 6.45) is 5.88. The molecule has 23 heavy (non-hydrogen) atoms. The number of hydrogen-bond acceptors (Lipinski definition) is 6. The summed E-state index contributed by atoms with van der Waals surface area (Å²) in [6.45, 7) is 0.946. The third kappa shape index (κ3) is 2.87. The van der Waals surface area contributed by atoms with Crippen LogP contribution in [0.5, 0.6) is 0 Å². The Morgan fingerprint density at radius 3 is 2.74 bits per heavy atom. The van der Waals surface area contributed by atoms with Crippen LogP contribution in [0.2, 0.25) is 0 Å². The van der Waals surface area contributed by atoms with Crippen molar-refractivity contribution in [1.29, 1.82) is 0 Å². The largest absolute Gasteiger partial charge is 0.396 e. The number of rotatable bonds is 6. The van der Waals surface area contributed by atoms with E-state index in [1.807, 2.05) is 24.3 Å². The standard InChI is InChI=1S/C16H18N6O/c23-10-13(11-1-2-11)9-18-14-3-4-15-19-20-16(22(15)21-14)12-5-7-17-8-6-12/h3-8,11,13,23H,1-2,9-10H2,(H,18,21). The van der Waals surface area contributed by atoms with Crippen LogP contribution in [-0.4, -0.2) is 43.1 Å². The predicted molar refractivity (Wildman–Crippen MR) is 85.8 cm³/mol. The molecule has 3 aromatic rings. The van der Waals surface area contributed by atoms with Crippen molar-refractivity contribution in [3.63, 3.8) is 0 Å². The first-order chi connectivity index (χ1) is 11.3. The molecule has 1 saturated carbocycles. The molecule has 4 rings (SSSR count). The van der Waals surface area contributed by atoms with Crippen LogP contribution in [0.25, 0.3) is 17.0 Å². The average molecular weight is 310 g/mol. The van der Waals surface area contributed by atoms with Gasteiger partial charge in [-0.25, -0.2) is 0 Å². The van der Waals surface area contributed by atoms with Crippen molar-refractivity contribution in [2.24, 2.45) is 11.8 Å². The molecule has 118 valence electrons. The second-order valence-electron chi connectivity index (χ2n) is 5.91. The Hall–Kier alpha value is -2.54. The third-order valence-electron chi connectivity index (χ3n) is 4.27. The molecule has 1 fully saturated rings. The van der Waals surface area contributed by atoms with Gasteiger partial charge in [-0.3, -0.25) is 4.98 Å². The number of aromatic nitrogens is 5. The maximum absolute atomic E-state index is 9.45. The molecule has 0 aromatic carbocycles. The van der Waals surface area contributed by atoms with Gasteiger partial charge in [0.1, 0.15) is 5.82 Å². The monoisotopic (exact) mass is 310 g/mol. The lowest BCUT2D eigenvalue weighted by Gasteiger charge is -2.14. The van der Waals surface area contributed by atoms with Crippen LogP contribution in [0.1, 0.15) is 12.8 Å². The van der Waals surface area contributed by atoms with Gasteiger partial charge >= 0.3 is 0 Å². The first kappa shape index (κ1) is 14.1. The van der Waals surface area contributed by atoms with Gasteiger partial charge in [0, 0.05) is 37.0 Å². The molecule has 7 heteroatoms. The van der Waals surface area contributed by atoms with Crippen molar-refractivity contribution < 1.29 is 5.11 Å². The Morgan fingerprint density at radius 1 is 1.17 bits per heavy atom. The smallest absolute Gasteiger partial charge is 0.185 e. The molecule has 1 atom stereocenters. The van der Waals surface area contributed by atoms with Gasteiger partial charge in [0.2, 0.25) is 0 Å². The highest BCUT2D eigenvalue weighted by Gasteiger charge is 2.30. The van der Waals surface area contributed by atoms with Crippen molar-refractivity contribution in [2.45, 2.75) is 12.8 Å². The minimum atomic E-state index is 0.217. The molecule has 3 aromatic heterocycles. The summed E-state index contributed by atoms with van der Waals surface area (Å²) in [7, 11) is 0. The van der Waals surface area contributed by atoms with Crippen molar-refractivity contribution >= 4 is 11.5 Å². The van der Waals surface area contributed by atoms with E-state index in [2.05, 4.69) is 25.6 Å². The minimum Gasteiger partial charge on any atom is -0.396 e. The highest BCUT2D eigenvalue weighted by atomic mass is 16.3. The fourth-order valence-electron chi connectivity index (χ4n) is 2.75. The van der Waals surface area contributed by atoms with E-state index in [1.54, 1.807) is 16.9 Å². The number of anilines is 1. The molecule has 1 aliphatic rings. The molecule has 0 spiro atoms. The topological polar surface area (TPSA) is 88.2 Å². The van der Waals surface area contributed by atoms with Gasteiger partial charge < -0.3 is 10.4 Å². The van der Waals surface area contributed by atoms with Crippen molar-refractivity contribution in [1.82, 2.24) is 24.8 Å². The van der Waals surface area contributed by atoms with Crippen LogP contribution in [0, 0.1) is 11.8 Å². The zero-order valence-corrected chi connectivity index (χ0v) is 12.6. The molecule has 1 aliphatic carbocycles. The van der Waals surface area contributed by atoms with E-state index < -0.39 is 0 Å². The first-order valence-corrected chi connectivity index (χ1v) is 7.83. The van der Waals surface area contributed by atoms with E-state index in [0.717, 1.165) is 17.9 Å². The fraction of sp³-hybridized carbons (Fsp3) is 0.375. The summed E-state index contributed by atoms with van der Waals surface area (Å²) >= 11 is 0. The first-order valence-electron chi connectivity index (χ1n) is 7.83. The van der Waals surface area contributed by atoms with Crippen LogP contribution in [0.3, 0.4) is 0 Å². The molecule has 0 aliphatic heterocycles. The van der Waals surface area contributed by atoms with Crippen LogP contribution >= 0.6 is 0 Å². The van der Waals surface area contributed by atoms with Crippen molar-refractivity contribution in [3.05, 3.63) is 36.7 Å². The molecule has 0 amide bonds. The summed E-state index contributed by atoms with van der Waals surface area (Å²) in [4.78, 5) is 4.02. The van der Waals surface area contributed by atoms with E-state index >= 15 is 0 Å². The summed E-state index contributed by atoms with van der Waals surface area (Å²) in [6, 6.07) is 7.54. The zero-order valence-electron chi connectivity index (χ0n) is 12.6. The van der Waals surface area contributed by atoms with Crippen molar-refractivity contribution in [2.75, 3.05) is 18.5 Å². The number of pyridine rings is 1. The molecule has 1 unspecified atom stereocenters. The van der Waals surface area contributed by atoms with Gasteiger partial charge in [0.25, 0.3) is 0 Å². The maximum Gasteiger partial charge on any atom is 0.185 e. The normalized spacial score (nSPS) is 15.7. The summed E-state index contributed by atoms with van der Waals surface area (Å²) in [5.74, 6) is 2.39. The Labute approximate surface area is 133 Å². The number of nitrogens with one attached hydrogen (secondary N) is 1.